The number of rotatable bonds is 6. The quantitative estimate of drug-likeness (QED) is 0.106. The molecule has 33 heavy (non-hydrogen) atoms. The van der Waals surface area contributed by atoms with Crippen LogP contribution >= 0.6 is 23.4 Å². The molecular formula is C19H12ClF4N3O5S. The average molecular weight is 506 g/mol. The van der Waals surface area contributed by atoms with Gasteiger partial charge < -0.3 is 15.1 Å². The van der Waals surface area contributed by atoms with E-state index in [0.717, 1.165) is 18.0 Å². The molecule has 0 saturated carbocycles. The van der Waals surface area contributed by atoms with Gasteiger partial charge in [-0.25, -0.2) is 4.39 Å². The van der Waals surface area contributed by atoms with Crippen LogP contribution in [-0.2, 0) is 11.3 Å². The molecule has 2 rings (SSSR count). The number of phenolic OH excluding ortho intramolecular Hbond substituents is 1. The van der Waals surface area contributed by atoms with E-state index in [0.29, 0.717) is 12.1 Å². The molecule has 0 aliphatic heterocycles. The van der Waals surface area contributed by atoms with Crippen molar-refractivity contribution in [2.45, 2.75) is 16.9 Å². The molecule has 14 heteroatoms. The number of phenols is 1. The number of benzene rings is 2. The van der Waals surface area contributed by atoms with Gasteiger partial charge in [0.15, 0.2) is 5.57 Å². The van der Waals surface area contributed by atoms with Crippen LogP contribution in [0.15, 0.2) is 40.8 Å². The number of halogens is 5. The van der Waals surface area contributed by atoms with Gasteiger partial charge in [-0.1, -0.05) is 11.6 Å². The van der Waals surface area contributed by atoms with Crippen LogP contribution in [-0.4, -0.2) is 38.5 Å². The number of aliphatic hydroxyl groups is 1. The molecule has 0 spiro atoms. The van der Waals surface area contributed by atoms with Crippen molar-refractivity contribution in [2.75, 3.05) is 7.05 Å². The number of nitriles is 1. The van der Waals surface area contributed by atoms with Gasteiger partial charge in [0, 0.05) is 35.8 Å². The van der Waals surface area contributed by atoms with Crippen LogP contribution < -0.4 is 0 Å². The highest BCUT2D eigenvalue weighted by atomic mass is 35.5. The van der Waals surface area contributed by atoms with Crippen molar-refractivity contribution in [1.29, 1.82) is 5.26 Å². The Balaban J connectivity index is 2.53. The molecule has 0 saturated heterocycles. The summed E-state index contributed by atoms with van der Waals surface area (Å²) in [6.07, 6.45) is 0. The van der Waals surface area contributed by atoms with Crippen LogP contribution in [0.3, 0.4) is 0 Å². The van der Waals surface area contributed by atoms with Gasteiger partial charge in [0.2, 0.25) is 5.75 Å². The monoisotopic (exact) mass is 505 g/mol. The normalized spacial score (nSPS) is 12.0. The van der Waals surface area contributed by atoms with Crippen LogP contribution in [0, 0.1) is 27.3 Å². The molecule has 0 unspecified atom stereocenters. The number of carbonyl (C=O) groups excluding carboxylic acids is 1. The third kappa shape index (κ3) is 6.27. The van der Waals surface area contributed by atoms with Crippen molar-refractivity contribution in [2.24, 2.45) is 0 Å². The van der Waals surface area contributed by atoms with E-state index in [2.05, 4.69) is 0 Å². The summed E-state index contributed by atoms with van der Waals surface area (Å²) >= 11 is 4.89. The zero-order valence-electron chi connectivity index (χ0n) is 16.4. The second kappa shape index (κ2) is 9.97. The lowest BCUT2D eigenvalue weighted by molar-refractivity contribution is -0.386. The zero-order valence-corrected chi connectivity index (χ0v) is 17.9. The molecule has 1 amide bonds. The van der Waals surface area contributed by atoms with Crippen LogP contribution in [0.4, 0.5) is 23.2 Å². The highest BCUT2D eigenvalue weighted by molar-refractivity contribution is 8.00. The highest BCUT2D eigenvalue weighted by Gasteiger charge is 2.34. The number of amides is 1. The molecule has 0 fully saturated rings. The van der Waals surface area contributed by atoms with Crippen LogP contribution in [0.5, 0.6) is 5.75 Å². The summed E-state index contributed by atoms with van der Waals surface area (Å²) in [6, 6.07) is 5.96. The summed E-state index contributed by atoms with van der Waals surface area (Å²) in [5.41, 5.74) is -7.84. The van der Waals surface area contributed by atoms with Gasteiger partial charge in [0.1, 0.15) is 17.6 Å². The maximum atomic E-state index is 13.9. The lowest BCUT2D eigenvalue weighted by atomic mass is 10.1. The Bertz CT molecular complexity index is 1200. The fourth-order valence-corrected chi connectivity index (χ4v) is 3.43. The molecule has 8 nitrogen and oxygen atoms in total. The Morgan fingerprint density at radius 2 is 1.97 bits per heavy atom. The Hall–Kier alpha value is -3.50. The second-order valence-corrected chi connectivity index (χ2v) is 7.92. The van der Waals surface area contributed by atoms with E-state index in [1.807, 2.05) is 0 Å². The number of hydrogen-bond acceptors (Lipinski definition) is 7. The van der Waals surface area contributed by atoms with E-state index >= 15 is 0 Å². The fourth-order valence-electron chi connectivity index (χ4n) is 2.60. The molecule has 0 aliphatic rings. The number of nitro benzene ring substituents is 1. The molecule has 2 N–H and O–H groups in total. The minimum absolute atomic E-state index is 0.0285. The lowest BCUT2D eigenvalue weighted by Gasteiger charge is -2.18. The van der Waals surface area contributed by atoms with Crippen molar-refractivity contribution < 1.29 is 37.5 Å². The number of aromatic hydroxyl groups is 1. The Kier molecular flexibility index (Phi) is 7.78. The number of nitro groups is 1. The van der Waals surface area contributed by atoms with Gasteiger partial charge in [-0.05, 0) is 36.0 Å². The van der Waals surface area contributed by atoms with Gasteiger partial charge in [-0.2, -0.15) is 18.4 Å². The van der Waals surface area contributed by atoms with Crippen LogP contribution in [0.1, 0.15) is 11.1 Å². The van der Waals surface area contributed by atoms with Gasteiger partial charge >= 0.3 is 11.2 Å². The van der Waals surface area contributed by atoms with Crippen molar-refractivity contribution in [3.63, 3.8) is 0 Å². The van der Waals surface area contributed by atoms with Crippen molar-refractivity contribution in [1.82, 2.24) is 4.90 Å². The molecular weight excluding hydrogens is 494 g/mol. The lowest BCUT2D eigenvalue weighted by Crippen LogP contribution is -2.28. The number of aliphatic hydroxyl groups excluding tert-OH is 1. The first kappa shape index (κ1) is 25.8. The zero-order chi connectivity index (χ0) is 25.1. The molecule has 0 atom stereocenters. The summed E-state index contributed by atoms with van der Waals surface area (Å²) in [4.78, 5) is 22.4. The van der Waals surface area contributed by atoms with E-state index in [-0.39, 0.29) is 10.6 Å². The number of hydrogen-bond donors (Lipinski definition) is 2. The van der Waals surface area contributed by atoms with Crippen molar-refractivity contribution in [3.05, 3.63) is 68.0 Å². The summed E-state index contributed by atoms with van der Waals surface area (Å²) in [6.45, 7) is -0.394. The molecule has 0 aromatic heterocycles. The van der Waals surface area contributed by atoms with E-state index in [1.165, 1.54) is 18.2 Å². The molecule has 174 valence electrons. The third-order valence-corrected chi connectivity index (χ3v) is 5.07. The number of thioether (sulfide) groups is 1. The minimum atomic E-state index is -4.95. The molecule has 2 aromatic rings. The molecule has 2 aromatic carbocycles. The van der Waals surface area contributed by atoms with E-state index < -0.39 is 73.7 Å². The Morgan fingerprint density at radius 1 is 1.33 bits per heavy atom. The van der Waals surface area contributed by atoms with Gasteiger partial charge in [0.05, 0.1) is 9.82 Å². The van der Waals surface area contributed by atoms with Crippen molar-refractivity contribution >= 4 is 40.7 Å². The molecule has 0 heterocycles. The maximum absolute atomic E-state index is 13.9. The predicted octanol–water partition coefficient (Wildman–Crippen LogP) is 5.16. The third-order valence-electron chi connectivity index (χ3n) is 4.08. The largest absolute Gasteiger partial charge is 0.506 e. The first-order chi connectivity index (χ1) is 15.2. The summed E-state index contributed by atoms with van der Waals surface area (Å²) < 4.78 is 52.2. The van der Waals surface area contributed by atoms with Crippen molar-refractivity contribution in [3.8, 4) is 11.8 Å². The Morgan fingerprint density at radius 3 is 2.52 bits per heavy atom. The fraction of sp³-hybridized carbons (Fsp3) is 0.158. The summed E-state index contributed by atoms with van der Waals surface area (Å²) in [5, 5.41) is 40.8. The van der Waals surface area contributed by atoms with Crippen LogP contribution in [0.25, 0.3) is 5.76 Å². The molecule has 0 aliphatic carbocycles. The average Bonchev–Trinajstić information content (AvgIpc) is 2.71. The smallest absolute Gasteiger partial charge is 0.446 e. The second-order valence-electron chi connectivity index (χ2n) is 6.38. The molecule has 0 radical (unpaired) electrons. The van der Waals surface area contributed by atoms with Gasteiger partial charge in [-0.15, -0.1) is 0 Å². The van der Waals surface area contributed by atoms with E-state index in [4.69, 9.17) is 11.6 Å². The first-order valence-electron chi connectivity index (χ1n) is 8.55. The van der Waals surface area contributed by atoms with Gasteiger partial charge in [-0.3, -0.25) is 14.9 Å². The maximum Gasteiger partial charge on any atom is 0.446 e. The number of carbonyl (C=O) groups is 1. The summed E-state index contributed by atoms with van der Waals surface area (Å²) in [7, 11) is 1.15. The SMILES string of the molecule is CN(Cc1cc(Cl)ccc1F)C(=O)/C(C#N)=C(\O)c1cc(SC(F)(F)F)c(O)c([N+](=O)[O-])c1. The van der Waals surface area contributed by atoms with E-state index in [1.54, 1.807) is 0 Å². The van der Waals surface area contributed by atoms with E-state index in [9.17, 15) is 47.9 Å². The van der Waals surface area contributed by atoms with Crippen LogP contribution in [0.2, 0.25) is 5.02 Å². The minimum Gasteiger partial charge on any atom is -0.506 e. The number of likely N-dealkylation sites (N-methyl/N-ethyl adjacent to an activating group) is 1. The Labute approximate surface area is 192 Å². The van der Waals surface area contributed by atoms with Gasteiger partial charge in [0.25, 0.3) is 5.91 Å². The summed E-state index contributed by atoms with van der Waals surface area (Å²) in [5.74, 6) is -4.35. The number of alkyl halides is 3. The number of nitrogens with zero attached hydrogens (tertiary/aromatic N) is 3. The first-order valence-corrected chi connectivity index (χ1v) is 9.74. The molecule has 0 bridgehead atoms. The topological polar surface area (TPSA) is 128 Å². The predicted molar refractivity (Wildman–Crippen MR) is 110 cm³/mol. The highest BCUT2D eigenvalue weighted by Crippen LogP contribution is 2.45. The standard InChI is InChI=1S/C19H12ClF4N3O5S/c1-26(8-10-4-11(20)2-3-13(10)21)18(30)12(7-25)16(28)9-5-14(27(31)32)17(29)15(6-9)33-19(22,23)24/h2-6,28-29H,8H2,1H3/b16-12-.